The second-order valence-corrected chi connectivity index (χ2v) is 8.08. The summed E-state index contributed by atoms with van der Waals surface area (Å²) >= 11 is 0. The summed E-state index contributed by atoms with van der Waals surface area (Å²) in [5, 5.41) is 0. The van der Waals surface area contributed by atoms with Gasteiger partial charge in [-0.25, -0.2) is 0 Å². The van der Waals surface area contributed by atoms with Crippen molar-refractivity contribution < 1.29 is 4.74 Å². The van der Waals surface area contributed by atoms with Crippen LogP contribution in [-0.2, 0) is 17.6 Å². The van der Waals surface area contributed by atoms with Gasteiger partial charge >= 0.3 is 0 Å². The minimum Gasteiger partial charge on any atom is -0.374 e. The fraction of sp³-hybridized carbons (Fsp3) is 0.500. The van der Waals surface area contributed by atoms with E-state index in [1.54, 1.807) is 0 Å². The summed E-state index contributed by atoms with van der Waals surface area (Å²) < 4.78 is 6.64. The van der Waals surface area contributed by atoms with Crippen LogP contribution in [0.4, 0.5) is 0 Å². The fourth-order valence-electron chi connectivity index (χ4n) is 3.02. The van der Waals surface area contributed by atoms with Gasteiger partial charge in [-0.3, -0.25) is 0 Å². The van der Waals surface area contributed by atoms with Gasteiger partial charge in [0.2, 0.25) is 0 Å². The van der Waals surface area contributed by atoms with E-state index in [9.17, 15) is 0 Å². The molecule has 0 spiro atoms. The lowest BCUT2D eigenvalue weighted by molar-refractivity contribution is -0.0552. The summed E-state index contributed by atoms with van der Waals surface area (Å²) in [6.45, 7) is 13.3. The number of hydrogen-bond acceptors (Lipinski definition) is 1. The van der Waals surface area contributed by atoms with Crippen molar-refractivity contribution in [2.75, 3.05) is 0 Å². The van der Waals surface area contributed by atoms with Gasteiger partial charge in [-0.1, -0.05) is 87.4 Å². The predicted molar refractivity (Wildman–Crippen MR) is 108 cm³/mol. The Balaban J connectivity index is 2.07. The maximum absolute atomic E-state index is 6.64. The summed E-state index contributed by atoms with van der Waals surface area (Å²) in [6.07, 6.45) is 2.46. The summed E-state index contributed by atoms with van der Waals surface area (Å²) in [7, 11) is 0. The summed E-state index contributed by atoms with van der Waals surface area (Å²) in [6, 6.07) is 17.7. The lowest BCUT2D eigenvalue weighted by atomic mass is 9.95. The fourth-order valence-corrected chi connectivity index (χ4v) is 3.02. The van der Waals surface area contributed by atoms with Crippen LogP contribution in [0.15, 0.2) is 48.5 Å². The molecule has 0 saturated heterocycles. The molecule has 2 aromatic rings. The van der Waals surface area contributed by atoms with Crippen molar-refractivity contribution in [1.82, 2.24) is 0 Å². The third-order valence-electron chi connectivity index (χ3n) is 4.95. The lowest BCUT2D eigenvalue weighted by Gasteiger charge is -2.30. The quantitative estimate of drug-likeness (QED) is 0.560. The minimum atomic E-state index is 0.251. The highest BCUT2D eigenvalue weighted by atomic mass is 16.5. The van der Waals surface area contributed by atoms with Gasteiger partial charge in [0.15, 0.2) is 0 Å². The van der Waals surface area contributed by atoms with E-state index in [1.165, 1.54) is 22.3 Å². The molecule has 0 radical (unpaired) electrons. The topological polar surface area (TPSA) is 9.23 Å². The molecule has 25 heavy (non-hydrogen) atoms. The van der Waals surface area contributed by atoms with E-state index in [2.05, 4.69) is 90.1 Å². The van der Waals surface area contributed by atoms with E-state index in [-0.39, 0.29) is 12.2 Å². The summed E-state index contributed by atoms with van der Waals surface area (Å²) in [5.74, 6) is 1.00. The molecule has 0 N–H and O–H groups in total. The second-order valence-electron chi connectivity index (χ2n) is 8.08. The molecule has 0 aliphatic rings. The number of ether oxygens (including phenoxy) is 1. The van der Waals surface area contributed by atoms with Gasteiger partial charge in [-0.05, 0) is 49.7 Å². The van der Waals surface area contributed by atoms with Crippen LogP contribution in [-0.4, -0.2) is 12.2 Å². The van der Waals surface area contributed by atoms with Crippen molar-refractivity contribution >= 4 is 0 Å². The molecular formula is C24H34O. The molecule has 1 heteroatoms. The van der Waals surface area contributed by atoms with Gasteiger partial charge in [-0.15, -0.1) is 0 Å². The van der Waals surface area contributed by atoms with Crippen molar-refractivity contribution in [3.8, 4) is 0 Å². The zero-order chi connectivity index (χ0) is 18.4. The van der Waals surface area contributed by atoms with Crippen LogP contribution >= 0.6 is 0 Å². The second kappa shape index (κ2) is 9.20. The van der Waals surface area contributed by atoms with Crippen LogP contribution in [0.25, 0.3) is 0 Å². The summed E-state index contributed by atoms with van der Waals surface area (Å²) in [4.78, 5) is 0. The van der Waals surface area contributed by atoms with E-state index in [0.717, 1.165) is 12.8 Å². The average molecular weight is 339 g/mol. The highest BCUT2D eigenvalue weighted by Crippen LogP contribution is 2.22. The van der Waals surface area contributed by atoms with Gasteiger partial charge in [0.25, 0.3) is 0 Å². The third kappa shape index (κ3) is 6.32. The molecule has 0 aliphatic heterocycles. The molecule has 136 valence electrons. The molecule has 1 nitrogen and oxygen atoms in total. The molecule has 2 atom stereocenters. The van der Waals surface area contributed by atoms with Gasteiger partial charge < -0.3 is 4.74 Å². The Hall–Kier alpha value is -1.60. The number of benzene rings is 2. The molecule has 0 aliphatic carbocycles. The zero-order valence-electron chi connectivity index (χ0n) is 16.8. The maximum Gasteiger partial charge on any atom is 0.0642 e. The van der Waals surface area contributed by atoms with E-state index in [1.807, 2.05) is 0 Å². The van der Waals surface area contributed by atoms with E-state index >= 15 is 0 Å². The SMILES string of the molecule is Cc1ccc(CC(OC(Cc2ccc(C)cc2)C(C)C)C(C)C)cc1. The van der Waals surface area contributed by atoms with Crippen molar-refractivity contribution in [3.05, 3.63) is 70.8 Å². The highest BCUT2D eigenvalue weighted by molar-refractivity contribution is 5.23. The van der Waals surface area contributed by atoms with Crippen LogP contribution in [0, 0.1) is 25.7 Å². The first kappa shape index (κ1) is 19.7. The van der Waals surface area contributed by atoms with Crippen LogP contribution in [0.2, 0.25) is 0 Å². The standard InChI is InChI=1S/C24H34O/c1-17(2)23(15-21-11-7-19(5)8-12-21)25-24(18(3)4)16-22-13-9-20(6)10-14-22/h7-14,17-18,23-24H,15-16H2,1-6H3. The molecule has 0 aromatic heterocycles. The summed E-state index contributed by atoms with van der Waals surface area (Å²) in [5.41, 5.74) is 5.35. The normalized spacial score (nSPS) is 14.1. The molecule has 0 heterocycles. The Morgan fingerprint density at radius 1 is 0.600 bits per heavy atom. The molecule has 0 saturated carbocycles. The number of hydrogen-bond donors (Lipinski definition) is 0. The molecule has 2 unspecified atom stereocenters. The Morgan fingerprint density at radius 2 is 0.920 bits per heavy atom. The largest absolute Gasteiger partial charge is 0.374 e. The average Bonchev–Trinajstić information content (AvgIpc) is 2.57. The van der Waals surface area contributed by atoms with Crippen LogP contribution < -0.4 is 0 Å². The maximum atomic E-state index is 6.64. The van der Waals surface area contributed by atoms with E-state index in [0.29, 0.717) is 11.8 Å². The van der Waals surface area contributed by atoms with Gasteiger partial charge in [0.05, 0.1) is 12.2 Å². The lowest BCUT2D eigenvalue weighted by Crippen LogP contribution is -2.33. The molecule has 0 bridgehead atoms. The zero-order valence-corrected chi connectivity index (χ0v) is 16.8. The van der Waals surface area contributed by atoms with Gasteiger partial charge in [0.1, 0.15) is 0 Å². The van der Waals surface area contributed by atoms with Crippen molar-refractivity contribution in [2.45, 2.75) is 66.6 Å². The Kier molecular flexibility index (Phi) is 7.25. The Labute approximate surface area is 154 Å². The van der Waals surface area contributed by atoms with Crippen molar-refractivity contribution in [2.24, 2.45) is 11.8 Å². The van der Waals surface area contributed by atoms with E-state index < -0.39 is 0 Å². The molecule has 2 rings (SSSR count). The third-order valence-corrected chi connectivity index (χ3v) is 4.95. The number of aryl methyl sites for hydroxylation is 2. The Bertz CT molecular complexity index is 565. The van der Waals surface area contributed by atoms with Crippen LogP contribution in [0.3, 0.4) is 0 Å². The predicted octanol–water partition coefficient (Wildman–Crippen LogP) is 6.15. The molecule has 2 aromatic carbocycles. The highest BCUT2D eigenvalue weighted by Gasteiger charge is 2.23. The van der Waals surface area contributed by atoms with Crippen molar-refractivity contribution in [1.29, 1.82) is 0 Å². The van der Waals surface area contributed by atoms with Gasteiger partial charge in [-0.2, -0.15) is 0 Å². The first-order valence-electron chi connectivity index (χ1n) is 9.61. The Morgan fingerprint density at radius 3 is 1.20 bits per heavy atom. The van der Waals surface area contributed by atoms with E-state index in [4.69, 9.17) is 4.74 Å². The van der Waals surface area contributed by atoms with Gasteiger partial charge in [0, 0.05) is 0 Å². The van der Waals surface area contributed by atoms with Crippen LogP contribution in [0.5, 0.6) is 0 Å². The molecule has 0 amide bonds. The monoisotopic (exact) mass is 338 g/mol. The minimum absolute atomic E-state index is 0.251. The smallest absolute Gasteiger partial charge is 0.0642 e. The molecule has 0 fully saturated rings. The van der Waals surface area contributed by atoms with Crippen LogP contribution in [0.1, 0.15) is 49.9 Å². The number of rotatable bonds is 8. The first-order chi connectivity index (χ1) is 11.8. The first-order valence-corrected chi connectivity index (χ1v) is 9.61. The van der Waals surface area contributed by atoms with Crippen molar-refractivity contribution in [3.63, 3.8) is 0 Å². The molecular weight excluding hydrogens is 304 g/mol.